The Balaban J connectivity index is 1.29. The topological polar surface area (TPSA) is 18.5 Å². The zero-order valence-electron chi connectivity index (χ0n) is 21.7. The van der Waals surface area contributed by atoms with Gasteiger partial charge in [0.1, 0.15) is 0 Å². The van der Waals surface area contributed by atoms with Crippen molar-refractivity contribution in [1.82, 2.24) is 0 Å². The second-order valence-electron chi connectivity index (χ2n) is 13.9. The van der Waals surface area contributed by atoms with Gasteiger partial charge in [0.25, 0.3) is 0 Å². The minimum atomic E-state index is -0.237. The van der Waals surface area contributed by atoms with Gasteiger partial charge in [-0.25, -0.2) is 0 Å². The fourth-order valence-electron chi connectivity index (χ4n) is 10.8. The summed E-state index contributed by atoms with van der Waals surface area (Å²) >= 11 is 0. The molecule has 0 aromatic heterocycles. The van der Waals surface area contributed by atoms with Crippen LogP contribution in [0.4, 0.5) is 0 Å². The van der Waals surface area contributed by atoms with E-state index in [0.29, 0.717) is 28.1 Å². The van der Waals surface area contributed by atoms with Crippen LogP contribution in [0.3, 0.4) is 0 Å². The van der Waals surface area contributed by atoms with Gasteiger partial charge >= 0.3 is 0 Å². The second-order valence-corrected chi connectivity index (χ2v) is 13.9. The van der Waals surface area contributed by atoms with Crippen LogP contribution in [0.25, 0.3) is 0 Å². The SMILES string of the molecule is CC(C)[C@H](C)/C=C/[C@@H](C)[C@H]1CC[C@H]2[C@@H]3CC4(OCCO4)[C@]45C[C@@H]4CC[C@]5(C)[C@H]3CC[C@]12C. The first-order valence-corrected chi connectivity index (χ1v) is 14.1. The van der Waals surface area contributed by atoms with Crippen LogP contribution >= 0.6 is 0 Å². The molecule has 0 aromatic carbocycles. The Labute approximate surface area is 197 Å². The minimum Gasteiger partial charge on any atom is -0.347 e. The lowest BCUT2D eigenvalue weighted by molar-refractivity contribution is -0.294. The van der Waals surface area contributed by atoms with E-state index in [1.807, 2.05) is 0 Å². The Morgan fingerprint density at radius 1 is 0.812 bits per heavy atom. The van der Waals surface area contributed by atoms with E-state index in [1.54, 1.807) is 0 Å². The highest BCUT2D eigenvalue weighted by Crippen LogP contribution is 2.85. The van der Waals surface area contributed by atoms with Gasteiger partial charge in [-0.1, -0.05) is 53.7 Å². The number of hydrogen-bond acceptors (Lipinski definition) is 2. The molecule has 6 fully saturated rings. The molecule has 1 saturated heterocycles. The van der Waals surface area contributed by atoms with E-state index in [2.05, 4.69) is 53.7 Å². The van der Waals surface area contributed by atoms with Crippen molar-refractivity contribution in [3.63, 3.8) is 0 Å². The highest BCUT2D eigenvalue weighted by atomic mass is 16.7. The predicted molar refractivity (Wildman–Crippen MR) is 130 cm³/mol. The van der Waals surface area contributed by atoms with Gasteiger partial charge in [0.05, 0.1) is 13.2 Å². The fraction of sp³-hybridized carbons (Fsp3) is 0.933. The Kier molecular flexibility index (Phi) is 4.91. The number of fused-ring (bicyclic) bond motifs is 4. The number of rotatable bonds is 4. The molecule has 5 aliphatic carbocycles. The first kappa shape index (κ1) is 22.1. The van der Waals surface area contributed by atoms with Gasteiger partial charge in [-0.2, -0.15) is 0 Å². The van der Waals surface area contributed by atoms with Gasteiger partial charge in [0.15, 0.2) is 5.79 Å². The Bertz CT molecular complexity index is 780. The van der Waals surface area contributed by atoms with Crippen LogP contribution in [0.15, 0.2) is 12.2 Å². The van der Waals surface area contributed by atoms with Gasteiger partial charge in [0, 0.05) is 11.8 Å². The molecule has 2 heteroatoms. The van der Waals surface area contributed by atoms with Crippen molar-refractivity contribution in [2.45, 2.75) is 98.7 Å². The van der Waals surface area contributed by atoms with E-state index in [0.717, 1.165) is 48.7 Å². The monoisotopic (exact) mass is 440 g/mol. The van der Waals surface area contributed by atoms with Crippen LogP contribution in [0.1, 0.15) is 92.9 Å². The number of ether oxygens (including phenoxy) is 2. The molecule has 5 saturated carbocycles. The average Bonchev–Trinajstić information content (AvgIpc) is 3.02. The Morgan fingerprint density at radius 2 is 1.56 bits per heavy atom. The molecule has 180 valence electrons. The molecule has 6 rings (SSSR count). The van der Waals surface area contributed by atoms with Crippen LogP contribution in [0.5, 0.6) is 0 Å². The third kappa shape index (κ3) is 2.61. The minimum absolute atomic E-state index is 0.237. The number of allylic oxidation sites excluding steroid dienone is 2. The van der Waals surface area contributed by atoms with E-state index >= 15 is 0 Å². The predicted octanol–water partition coefficient (Wildman–Crippen LogP) is 7.48. The van der Waals surface area contributed by atoms with Crippen molar-refractivity contribution in [3.8, 4) is 0 Å². The summed E-state index contributed by atoms with van der Waals surface area (Å²) in [5, 5.41) is 0. The van der Waals surface area contributed by atoms with Gasteiger partial charge in [-0.3, -0.25) is 0 Å². The first-order chi connectivity index (χ1) is 15.2. The van der Waals surface area contributed by atoms with E-state index < -0.39 is 0 Å². The summed E-state index contributed by atoms with van der Waals surface area (Å²) in [7, 11) is 0. The molecular weight excluding hydrogens is 392 g/mol. The van der Waals surface area contributed by atoms with Crippen molar-refractivity contribution < 1.29 is 9.47 Å². The molecular formula is C30H48O2. The highest BCUT2D eigenvalue weighted by molar-refractivity contribution is 5.29. The maximum atomic E-state index is 6.66. The first-order valence-electron chi connectivity index (χ1n) is 14.1. The molecule has 0 bridgehead atoms. The van der Waals surface area contributed by atoms with Crippen LogP contribution in [0.2, 0.25) is 0 Å². The smallest absolute Gasteiger partial charge is 0.175 e. The van der Waals surface area contributed by atoms with Crippen LogP contribution < -0.4 is 0 Å². The summed E-state index contributed by atoms with van der Waals surface area (Å²) in [6.07, 6.45) is 16.3. The molecule has 0 N–H and O–H groups in total. The molecule has 2 nitrogen and oxygen atoms in total. The molecule has 10 atom stereocenters. The largest absolute Gasteiger partial charge is 0.347 e. The molecule has 2 spiro atoms. The van der Waals surface area contributed by atoms with Crippen molar-refractivity contribution in [1.29, 1.82) is 0 Å². The summed E-state index contributed by atoms with van der Waals surface area (Å²) in [5.74, 6) is 6.15. The molecule has 1 aliphatic heterocycles. The maximum absolute atomic E-state index is 6.66. The molecule has 32 heavy (non-hydrogen) atoms. The van der Waals surface area contributed by atoms with Gasteiger partial charge in [0.2, 0.25) is 0 Å². The summed E-state index contributed by atoms with van der Waals surface area (Å²) < 4.78 is 13.3. The van der Waals surface area contributed by atoms with Crippen LogP contribution in [0, 0.1) is 63.6 Å². The van der Waals surface area contributed by atoms with E-state index in [-0.39, 0.29) is 5.79 Å². The molecule has 0 unspecified atom stereocenters. The van der Waals surface area contributed by atoms with E-state index in [1.165, 1.54) is 51.4 Å². The molecule has 1 heterocycles. The second kappa shape index (κ2) is 7.09. The highest BCUT2D eigenvalue weighted by Gasteiger charge is 2.83. The van der Waals surface area contributed by atoms with E-state index in [9.17, 15) is 0 Å². The maximum Gasteiger partial charge on any atom is 0.175 e. The molecule has 0 amide bonds. The summed E-state index contributed by atoms with van der Waals surface area (Å²) in [4.78, 5) is 0. The number of hydrogen-bond donors (Lipinski definition) is 0. The standard InChI is InChI=1S/C30H48O2/c1-19(2)20(3)7-8-21(4)24-9-10-25-23-18-30(31-15-16-32-30)29-17-22(29)11-14-28(29,6)26(23)12-13-27(24,25)5/h7-8,19-26H,9-18H2,1-6H3/b8-7+/t20-,21-,22+,23+,24-,25+,26+,27-,28-,29-/m1/s1. The lowest BCUT2D eigenvalue weighted by Gasteiger charge is -2.63. The lowest BCUT2D eigenvalue weighted by atomic mass is 9.44. The molecule has 0 radical (unpaired) electrons. The third-order valence-corrected chi connectivity index (χ3v) is 12.8. The Morgan fingerprint density at radius 3 is 2.25 bits per heavy atom. The molecule has 0 aromatic rings. The fourth-order valence-corrected chi connectivity index (χ4v) is 10.8. The van der Waals surface area contributed by atoms with Crippen molar-refractivity contribution in [3.05, 3.63) is 12.2 Å². The van der Waals surface area contributed by atoms with Crippen molar-refractivity contribution in [2.24, 2.45) is 63.6 Å². The average molecular weight is 441 g/mol. The van der Waals surface area contributed by atoms with Gasteiger partial charge in [-0.15, -0.1) is 0 Å². The van der Waals surface area contributed by atoms with E-state index in [4.69, 9.17) is 9.47 Å². The summed E-state index contributed by atoms with van der Waals surface area (Å²) in [6, 6.07) is 0. The quantitative estimate of drug-likeness (QED) is 0.422. The Hall–Kier alpha value is -0.340. The zero-order chi connectivity index (χ0) is 22.5. The van der Waals surface area contributed by atoms with Gasteiger partial charge < -0.3 is 9.47 Å². The third-order valence-electron chi connectivity index (χ3n) is 12.8. The van der Waals surface area contributed by atoms with Gasteiger partial charge in [-0.05, 0) is 103 Å². The summed E-state index contributed by atoms with van der Waals surface area (Å²) in [6.45, 7) is 16.6. The van der Waals surface area contributed by atoms with Crippen molar-refractivity contribution >= 4 is 0 Å². The normalized spacial score (nSPS) is 52.7. The summed E-state index contributed by atoms with van der Waals surface area (Å²) in [5.41, 5.74) is 1.29. The van der Waals surface area contributed by atoms with Crippen molar-refractivity contribution in [2.75, 3.05) is 13.2 Å². The zero-order valence-corrected chi connectivity index (χ0v) is 21.7. The van der Waals surface area contributed by atoms with Crippen LogP contribution in [-0.2, 0) is 9.47 Å². The molecule has 6 aliphatic rings. The van der Waals surface area contributed by atoms with Crippen LogP contribution in [-0.4, -0.2) is 19.0 Å². The lowest BCUT2D eigenvalue weighted by Crippen LogP contribution is -2.62.